The van der Waals surface area contributed by atoms with Crippen molar-refractivity contribution in [3.63, 3.8) is 0 Å². The molecule has 1 heterocycles. The maximum absolute atomic E-state index is 11.1. The van der Waals surface area contributed by atoms with Crippen LogP contribution in [-0.2, 0) is 11.2 Å². The van der Waals surface area contributed by atoms with Gasteiger partial charge in [0.2, 0.25) is 0 Å². The first-order chi connectivity index (χ1) is 8.10. The van der Waals surface area contributed by atoms with Gasteiger partial charge in [0, 0.05) is 0 Å². The highest BCUT2D eigenvalue weighted by Gasteiger charge is 2.15. The molecule has 2 rings (SSSR count). The molecule has 0 radical (unpaired) electrons. The number of hydrogen-bond donors (Lipinski definition) is 3. The van der Waals surface area contributed by atoms with Crippen LogP contribution in [0.4, 0.5) is 0 Å². The van der Waals surface area contributed by atoms with E-state index in [0.29, 0.717) is 18.4 Å². The van der Waals surface area contributed by atoms with Gasteiger partial charge in [-0.15, -0.1) is 0 Å². The van der Waals surface area contributed by atoms with E-state index in [1.165, 1.54) is 0 Å². The summed E-state index contributed by atoms with van der Waals surface area (Å²) < 4.78 is 0. The Labute approximate surface area is 97.5 Å². The number of imidazole rings is 1. The van der Waals surface area contributed by atoms with E-state index in [-0.39, 0.29) is 11.6 Å². The van der Waals surface area contributed by atoms with E-state index < -0.39 is 5.97 Å². The molecule has 5 nitrogen and oxygen atoms in total. The van der Waals surface area contributed by atoms with Crippen LogP contribution in [0.5, 0.6) is 0 Å². The number of H-pyrrole nitrogens is 2. The molecule has 1 aromatic carbocycles. The van der Waals surface area contributed by atoms with Crippen molar-refractivity contribution >= 4 is 17.0 Å². The fraction of sp³-hybridized carbons (Fsp3) is 0.333. The summed E-state index contributed by atoms with van der Waals surface area (Å²) in [5.41, 5.74) is 2.12. The van der Waals surface area contributed by atoms with Crippen molar-refractivity contribution in [3.8, 4) is 0 Å². The average molecular weight is 234 g/mol. The molecule has 0 aliphatic carbocycles. The SMILES string of the molecule is CCC(Cc1ccc2[nH]c(=O)[nH]c2c1)C(=O)O. The minimum atomic E-state index is -0.782. The largest absolute Gasteiger partial charge is 0.481 e. The fourth-order valence-electron chi connectivity index (χ4n) is 1.90. The van der Waals surface area contributed by atoms with Crippen molar-refractivity contribution in [2.75, 3.05) is 0 Å². The molecule has 1 aromatic heterocycles. The summed E-state index contributed by atoms with van der Waals surface area (Å²) in [6.45, 7) is 1.86. The minimum absolute atomic E-state index is 0.248. The number of rotatable bonds is 4. The second-order valence-electron chi connectivity index (χ2n) is 4.11. The Morgan fingerprint density at radius 3 is 2.71 bits per heavy atom. The zero-order valence-electron chi connectivity index (χ0n) is 9.49. The number of aromatic amines is 2. The third kappa shape index (κ3) is 2.38. The van der Waals surface area contributed by atoms with E-state index in [0.717, 1.165) is 11.1 Å². The molecule has 0 aliphatic heterocycles. The third-order valence-electron chi connectivity index (χ3n) is 2.90. The predicted octanol–water partition coefficient (Wildman–Crippen LogP) is 1.51. The van der Waals surface area contributed by atoms with Crippen molar-refractivity contribution in [1.82, 2.24) is 9.97 Å². The van der Waals surface area contributed by atoms with Gasteiger partial charge < -0.3 is 15.1 Å². The Hall–Kier alpha value is -2.04. The van der Waals surface area contributed by atoms with Crippen molar-refractivity contribution < 1.29 is 9.90 Å². The normalized spacial score (nSPS) is 12.8. The highest BCUT2D eigenvalue weighted by Crippen LogP contribution is 2.16. The van der Waals surface area contributed by atoms with Crippen molar-refractivity contribution in [2.24, 2.45) is 5.92 Å². The molecule has 0 saturated carbocycles. The van der Waals surface area contributed by atoms with Gasteiger partial charge in [-0.05, 0) is 30.5 Å². The topological polar surface area (TPSA) is 86.0 Å². The van der Waals surface area contributed by atoms with Crippen LogP contribution in [0.15, 0.2) is 23.0 Å². The van der Waals surface area contributed by atoms with E-state index in [4.69, 9.17) is 5.11 Å². The maximum atomic E-state index is 11.1. The van der Waals surface area contributed by atoms with Crippen LogP contribution >= 0.6 is 0 Å². The second-order valence-corrected chi connectivity index (χ2v) is 4.11. The molecular formula is C12H14N2O3. The summed E-state index contributed by atoms with van der Waals surface area (Å²) in [5.74, 6) is -1.16. The molecule has 0 bridgehead atoms. The Kier molecular flexibility index (Phi) is 2.99. The van der Waals surface area contributed by atoms with Crippen LogP contribution in [0.3, 0.4) is 0 Å². The van der Waals surface area contributed by atoms with E-state index >= 15 is 0 Å². The second kappa shape index (κ2) is 4.45. The summed E-state index contributed by atoms with van der Waals surface area (Å²) in [7, 11) is 0. The lowest BCUT2D eigenvalue weighted by Gasteiger charge is -2.09. The molecule has 3 N–H and O–H groups in total. The molecule has 2 aromatic rings. The molecule has 0 spiro atoms. The van der Waals surface area contributed by atoms with Gasteiger partial charge in [-0.2, -0.15) is 0 Å². The van der Waals surface area contributed by atoms with Gasteiger partial charge in [0.05, 0.1) is 17.0 Å². The first-order valence-electron chi connectivity index (χ1n) is 5.54. The standard InChI is InChI=1S/C12H14N2O3/c1-2-8(11(15)16)5-7-3-4-9-10(6-7)14-12(17)13-9/h3-4,6,8H,2,5H2,1H3,(H,15,16)(H2,13,14,17). The minimum Gasteiger partial charge on any atom is -0.481 e. The van der Waals surface area contributed by atoms with Gasteiger partial charge in [0.25, 0.3) is 0 Å². The number of aliphatic carboxylic acids is 1. The van der Waals surface area contributed by atoms with Gasteiger partial charge in [-0.1, -0.05) is 13.0 Å². The Balaban J connectivity index is 2.29. The highest BCUT2D eigenvalue weighted by atomic mass is 16.4. The van der Waals surface area contributed by atoms with Gasteiger partial charge in [-0.3, -0.25) is 4.79 Å². The molecular weight excluding hydrogens is 220 g/mol. The Bertz CT molecular complexity index is 597. The van der Waals surface area contributed by atoms with E-state index in [1.807, 2.05) is 19.1 Å². The van der Waals surface area contributed by atoms with Gasteiger partial charge >= 0.3 is 11.7 Å². The number of benzene rings is 1. The van der Waals surface area contributed by atoms with Gasteiger partial charge in [-0.25, -0.2) is 4.79 Å². The smallest absolute Gasteiger partial charge is 0.323 e. The highest BCUT2D eigenvalue weighted by molar-refractivity contribution is 5.75. The van der Waals surface area contributed by atoms with E-state index in [2.05, 4.69) is 9.97 Å². The number of hydrogen-bond acceptors (Lipinski definition) is 2. The molecule has 1 unspecified atom stereocenters. The van der Waals surface area contributed by atoms with Crippen LogP contribution in [-0.4, -0.2) is 21.0 Å². The molecule has 90 valence electrons. The average Bonchev–Trinajstić information content (AvgIpc) is 2.64. The zero-order chi connectivity index (χ0) is 12.4. The molecule has 5 heteroatoms. The first kappa shape index (κ1) is 11.4. The van der Waals surface area contributed by atoms with Gasteiger partial charge in [0.1, 0.15) is 0 Å². The van der Waals surface area contributed by atoms with E-state index in [9.17, 15) is 9.59 Å². The van der Waals surface area contributed by atoms with Crippen LogP contribution in [0.25, 0.3) is 11.0 Å². The third-order valence-corrected chi connectivity index (χ3v) is 2.90. The Morgan fingerprint density at radius 1 is 1.35 bits per heavy atom. The molecule has 0 amide bonds. The van der Waals surface area contributed by atoms with Crippen molar-refractivity contribution in [2.45, 2.75) is 19.8 Å². The molecule has 0 fully saturated rings. The van der Waals surface area contributed by atoms with Crippen LogP contribution < -0.4 is 5.69 Å². The fourth-order valence-corrected chi connectivity index (χ4v) is 1.90. The number of fused-ring (bicyclic) bond motifs is 1. The number of carboxylic acid groups (broad SMARTS) is 1. The Morgan fingerprint density at radius 2 is 2.06 bits per heavy atom. The van der Waals surface area contributed by atoms with Crippen LogP contribution in [0.2, 0.25) is 0 Å². The summed E-state index contributed by atoms with van der Waals surface area (Å²) in [4.78, 5) is 27.3. The van der Waals surface area contributed by atoms with Crippen LogP contribution in [0.1, 0.15) is 18.9 Å². The lowest BCUT2D eigenvalue weighted by atomic mass is 9.97. The molecule has 0 aliphatic rings. The lowest BCUT2D eigenvalue weighted by molar-refractivity contribution is -0.141. The van der Waals surface area contributed by atoms with Crippen molar-refractivity contribution in [1.29, 1.82) is 0 Å². The van der Waals surface area contributed by atoms with Crippen LogP contribution in [0, 0.1) is 5.92 Å². The number of nitrogens with one attached hydrogen (secondary N) is 2. The summed E-state index contributed by atoms with van der Waals surface area (Å²) in [6.07, 6.45) is 1.08. The van der Waals surface area contributed by atoms with Gasteiger partial charge in [0.15, 0.2) is 0 Å². The molecule has 0 saturated heterocycles. The predicted molar refractivity (Wildman–Crippen MR) is 64.0 cm³/mol. The number of carboxylic acids is 1. The zero-order valence-corrected chi connectivity index (χ0v) is 9.49. The number of aromatic nitrogens is 2. The summed E-state index contributed by atoms with van der Waals surface area (Å²) in [5, 5.41) is 8.99. The molecule has 1 atom stereocenters. The van der Waals surface area contributed by atoms with E-state index in [1.54, 1.807) is 6.07 Å². The number of carbonyl (C=O) groups is 1. The monoisotopic (exact) mass is 234 g/mol. The molecule has 17 heavy (non-hydrogen) atoms. The lowest BCUT2D eigenvalue weighted by Crippen LogP contribution is -2.15. The van der Waals surface area contributed by atoms with Crippen molar-refractivity contribution in [3.05, 3.63) is 34.2 Å². The maximum Gasteiger partial charge on any atom is 0.323 e. The first-order valence-corrected chi connectivity index (χ1v) is 5.54. The summed E-state index contributed by atoms with van der Waals surface area (Å²) >= 11 is 0. The summed E-state index contributed by atoms with van der Waals surface area (Å²) in [6, 6.07) is 5.45. The quantitative estimate of drug-likeness (QED) is 0.749.